The maximum atomic E-state index is 4.51. The number of benzene rings is 1. The van der Waals surface area contributed by atoms with Gasteiger partial charge in [0, 0.05) is 36.1 Å². The third kappa shape index (κ3) is 4.10. The molecule has 0 aliphatic carbocycles. The number of hydrogen-bond donors (Lipinski definition) is 0. The molecular formula is C23H27N3. The van der Waals surface area contributed by atoms with Crippen molar-refractivity contribution in [1.82, 2.24) is 14.9 Å². The third-order valence-electron chi connectivity index (χ3n) is 5.35. The quantitative estimate of drug-likeness (QED) is 0.686. The monoisotopic (exact) mass is 345 g/mol. The Balaban J connectivity index is 1.42. The Bertz CT molecular complexity index is 883. The molecular weight excluding hydrogens is 318 g/mol. The summed E-state index contributed by atoms with van der Waals surface area (Å²) in [5.41, 5.74) is 6.18. The summed E-state index contributed by atoms with van der Waals surface area (Å²) in [6.07, 6.45) is 5.66. The van der Waals surface area contributed by atoms with Crippen molar-refractivity contribution in [3.05, 3.63) is 71.2 Å². The summed E-state index contributed by atoms with van der Waals surface area (Å²) in [6.45, 7) is 7.60. The lowest BCUT2D eigenvalue weighted by Crippen LogP contribution is -2.35. The normalized spacial score (nSPS) is 18.3. The maximum absolute atomic E-state index is 4.51. The minimum atomic E-state index is 0.739. The van der Waals surface area contributed by atoms with Gasteiger partial charge in [-0.25, -0.2) is 0 Å². The molecule has 3 heteroatoms. The highest BCUT2D eigenvalue weighted by Gasteiger charge is 2.20. The Kier molecular flexibility index (Phi) is 4.98. The van der Waals surface area contributed by atoms with Gasteiger partial charge in [-0.15, -0.1) is 0 Å². The van der Waals surface area contributed by atoms with Crippen molar-refractivity contribution in [2.24, 2.45) is 5.92 Å². The first-order chi connectivity index (χ1) is 12.7. The summed E-state index contributed by atoms with van der Waals surface area (Å²) in [5, 5.41) is 1.22. The number of aryl methyl sites for hydroxylation is 2. The maximum Gasteiger partial charge on any atom is 0.0705 e. The molecule has 0 amide bonds. The highest BCUT2D eigenvalue weighted by molar-refractivity contribution is 5.78. The van der Waals surface area contributed by atoms with E-state index in [1.807, 2.05) is 12.3 Å². The molecule has 4 rings (SSSR count). The van der Waals surface area contributed by atoms with Crippen LogP contribution in [0.15, 0.2) is 48.7 Å². The number of rotatable bonds is 4. The molecule has 1 aliphatic rings. The van der Waals surface area contributed by atoms with Gasteiger partial charge in [0.1, 0.15) is 0 Å². The average molecular weight is 345 g/mol. The van der Waals surface area contributed by atoms with E-state index in [1.54, 1.807) is 0 Å². The van der Waals surface area contributed by atoms with Crippen LogP contribution in [0.4, 0.5) is 0 Å². The molecule has 26 heavy (non-hydrogen) atoms. The number of pyridine rings is 2. The van der Waals surface area contributed by atoms with Crippen molar-refractivity contribution in [3.63, 3.8) is 0 Å². The van der Waals surface area contributed by atoms with Crippen LogP contribution in [-0.2, 0) is 13.0 Å². The first-order valence-electron chi connectivity index (χ1n) is 9.66. The summed E-state index contributed by atoms with van der Waals surface area (Å²) in [5.74, 6) is 0.739. The van der Waals surface area contributed by atoms with Crippen LogP contribution in [0.2, 0.25) is 0 Å². The molecule has 1 atom stereocenters. The van der Waals surface area contributed by atoms with Crippen LogP contribution in [0, 0.1) is 19.8 Å². The highest BCUT2D eigenvalue weighted by Crippen LogP contribution is 2.23. The molecule has 3 nitrogen and oxygen atoms in total. The SMILES string of the molecule is Cc1cc(C[C@H]2CCCN(Cc3ccc4cccnc4c3)C2)cc(C)n1. The van der Waals surface area contributed by atoms with Crippen LogP contribution < -0.4 is 0 Å². The van der Waals surface area contributed by atoms with Crippen LogP contribution in [-0.4, -0.2) is 28.0 Å². The van der Waals surface area contributed by atoms with Crippen LogP contribution in [0.1, 0.15) is 35.4 Å². The minimum Gasteiger partial charge on any atom is -0.299 e. The van der Waals surface area contributed by atoms with Crippen molar-refractivity contribution in [1.29, 1.82) is 0 Å². The fourth-order valence-electron chi connectivity index (χ4n) is 4.30. The zero-order valence-electron chi connectivity index (χ0n) is 15.8. The van der Waals surface area contributed by atoms with Crippen LogP contribution in [0.3, 0.4) is 0 Å². The lowest BCUT2D eigenvalue weighted by atomic mass is 9.91. The van der Waals surface area contributed by atoms with Crippen molar-refractivity contribution in [2.45, 2.75) is 39.7 Å². The Morgan fingerprint density at radius 1 is 1.04 bits per heavy atom. The molecule has 3 aromatic rings. The average Bonchev–Trinajstić information content (AvgIpc) is 2.61. The predicted molar refractivity (Wildman–Crippen MR) is 107 cm³/mol. The van der Waals surface area contributed by atoms with Crippen molar-refractivity contribution < 1.29 is 0 Å². The van der Waals surface area contributed by atoms with E-state index < -0.39 is 0 Å². The van der Waals surface area contributed by atoms with E-state index in [4.69, 9.17) is 0 Å². The largest absolute Gasteiger partial charge is 0.299 e. The Hall–Kier alpha value is -2.26. The molecule has 3 heterocycles. The molecule has 0 unspecified atom stereocenters. The Morgan fingerprint density at radius 2 is 1.88 bits per heavy atom. The fraction of sp³-hybridized carbons (Fsp3) is 0.391. The van der Waals surface area contributed by atoms with Crippen LogP contribution in [0.5, 0.6) is 0 Å². The van der Waals surface area contributed by atoms with Gasteiger partial charge in [-0.05, 0) is 81.0 Å². The second-order valence-corrected chi connectivity index (χ2v) is 7.74. The van der Waals surface area contributed by atoms with E-state index in [9.17, 15) is 0 Å². The third-order valence-corrected chi connectivity index (χ3v) is 5.35. The molecule has 0 bridgehead atoms. The first kappa shape index (κ1) is 17.2. The summed E-state index contributed by atoms with van der Waals surface area (Å²) in [7, 11) is 0. The Labute approximate surface area is 156 Å². The first-order valence-corrected chi connectivity index (χ1v) is 9.66. The molecule has 1 fully saturated rings. The standard InChI is InChI=1S/C23H27N3/c1-17-11-21(12-18(2)25-17)13-19-5-4-10-26(15-19)16-20-7-8-22-6-3-9-24-23(22)14-20/h3,6-9,11-12,14,19H,4-5,10,13,15-16H2,1-2H3/t19-/m1/s1. The highest BCUT2D eigenvalue weighted by atomic mass is 15.1. The topological polar surface area (TPSA) is 29.0 Å². The lowest BCUT2D eigenvalue weighted by molar-refractivity contribution is 0.167. The van der Waals surface area contributed by atoms with E-state index in [2.05, 4.69) is 65.1 Å². The smallest absolute Gasteiger partial charge is 0.0705 e. The predicted octanol–water partition coefficient (Wildman–Crippen LogP) is 4.70. The van der Waals surface area contributed by atoms with Crippen molar-refractivity contribution in [2.75, 3.05) is 13.1 Å². The molecule has 1 aliphatic heterocycles. The Morgan fingerprint density at radius 3 is 2.73 bits per heavy atom. The fourth-order valence-corrected chi connectivity index (χ4v) is 4.30. The number of fused-ring (bicyclic) bond motifs is 1. The molecule has 0 radical (unpaired) electrons. The minimum absolute atomic E-state index is 0.739. The van der Waals surface area contributed by atoms with E-state index >= 15 is 0 Å². The molecule has 134 valence electrons. The summed E-state index contributed by atoms with van der Waals surface area (Å²) in [4.78, 5) is 11.6. The summed E-state index contributed by atoms with van der Waals surface area (Å²) >= 11 is 0. The van der Waals surface area contributed by atoms with E-state index in [0.717, 1.165) is 29.4 Å². The molecule has 0 N–H and O–H groups in total. The van der Waals surface area contributed by atoms with Gasteiger partial charge >= 0.3 is 0 Å². The summed E-state index contributed by atoms with van der Waals surface area (Å²) < 4.78 is 0. The molecule has 1 aromatic carbocycles. The van der Waals surface area contributed by atoms with Gasteiger partial charge in [0.05, 0.1) is 5.52 Å². The van der Waals surface area contributed by atoms with Crippen LogP contribution in [0.25, 0.3) is 10.9 Å². The zero-order chi connectivity index (χ0) is 17.9. The van der Waals surface area contributed by atoms with E-state index in [0.29, 0.717) is 0 Å². The van der Waals surface area contributed by atoms with Crippen molar-refractivity contribution >= 4 is 10.9 Å². The van der Waals surface area contributed by atoms with E-state index in [-0.39, 0.29) is 0 Å². The van der Waals surface area contributed by atoms with Gasteiger partial charge in [0.15, 0.2) is 0 Å². The number of hydrogen-bond acceptors (Lipinski definition) is 3. The second kappa shape index (κ2) is 7.55. The number of nitrogens with zero attached hydrogens (tertiary/aromatic N) is 3. The van der Waals surface area contributed by atoms with Gasteiger partial charge < -0.3 is 0 Å². The molecule has 1 saturated heterocycles. The molecule has 0 saturated carbocycles. The van der Waals surface area contributed by atoms with E-state index in [1.165, 1.54) is 48.9 Å². The van der Waals surface area contributed by atoms with Gasteiger partial charge in [-0.2, -0.15) is 0 Å². The number of piperidine rings is 1. The summed E-state index contributed by atoms with van der Waals surface area (Å²) in [6, 6.07) is 15.3. The molecule has 2 aromatic heterocycles. The zero-order valence-corrected chi connectivity index (χ0v) is 15.8. The number of aromatic nitrogens is 2. The van der Waals surface area contributed by atoms with Gasteiger partial charge in [-0.3, -0.25) is 14.9 Å². The molecule has 0 spiro atoms. The van der Waals surface area contributed by atoms with Gasteiger partial charge in [-0.1, -0.05) is 18.2 Å². The van der Waals surface area contributed by atoms with Crippen molar-refractivity contribution in [3.8, 4) is 0 Å². The lowest BCUT2D eigenvalue weighted by Gasteiger charge is -2.33. The number of likely N-dealkylation sites (tertiary alicyclic amines) is 1. The van der Waals surface area contributed by atoms with Gasteiger partial charge in [0.2, 0.25) is 0 Å². The van der Waals surface area contributed by atoms with Gasteiger partial charge in [0.25, 0.3) is 0 Å². The van der Waals surface area contributed by atoms with Crippen LogP contribution >= 0.6 is 0 Å². The second-order valence-electron chi connectivity index (χ2n) is 7.74.